The van der Waals surface area contributed by atoms with Crippen molar-refractivity contribution in [2.75, 3.05) is 7.05 Å². The summed E-state index contributed by atoms with van der Waals surface area (Å²) in [6.07, 6.45) is 5.09. The molecule has 0 saturated carbocycles. The number of aromatic nitrogens is 1. The Balaban J connectivity index is 2.04. The lowest BCUT2D eigenvalue weighted by molar-refractivity contribution is -0.130. The quantitative estimate of drug-likeness (QED) is 0.831. The van der Waals surface area contributed by atoms with Gasteiger partial charge in [-0.3, -0.25) is 9.78 Å². The molecule has 20 heavy (non-hydrogen) atoms. The molecule has 0 spiro atoms. The fraction of sp³-hybridized carbons (Fsp3) is 0.294. The number of benzene rings is 1. The van der Waals surface area contributed by atoms with Gasteiger partial charge >= 0.3 is 0 Å². The van der Waals surface area contributed by atoms with E-state index in [-0.39, 0.29) is 5.91 Å². The molecule has 0 N–H and O–H groups in total. The predicted octanol–water partition coefficient (Wildman–Crippen LogP) is 3.51. The number of hydrogen-bond acceptors (Lipinski definition) is 2. The Kier molecular flexibility index (Phi) is 4.88. The lowest BCUT2D eigenvalue weighted by Gasteiger charge is -2.17. The van der Waals surface area contributed by atoms with Crippen LogP contribution in [-0.2, 0) is 11.3 Å². The number of nitrogens with zero attached hydrogens (tertiary/aromatic N) is 2. The molecule has 1 aromatic heterocycles. The summed E-state index contributed by atoms with van der Waals surface area (Å²) in [5.74, 6) is 0.200. The van der Waals surface area contributed by atoms with Gasteiger partial charge in [-0.25, -0.2) is 0 Å². The van der Waals surface area contributed by atoms with Crippen LogP contribution in [0.3, 0.4) is 0 Å². The molecule has 0 saturated heterocycles. The van der Waals surface area contributed by atoms with Gasteiger partial charge in [0.1, 0.15) is 0 Å². The standard InChI is InChI=1S/C17H20N2O/c1-3-4-17(20)19(2)13-14-5-7-15(8-6-14)16-9-11-18-12-10-16/h5-12H,3-4,13H2,1-2H3. The van der Waals surface area contributed by atoms with Crippen LogP contribution in [-0.4, -0.2) is 22.8 Å². The smallest absolute Gasteiger partial charge is 0.222 e. The topological polar surface area (TPSA) is 33.2 Å². The molecule has 0 atom stereocenters. The second kappa shape index (κ2) is 6.85. The molecule has 0 unspecified atom stereocenters. The van der Waals surface area contributed by atoms with Gasteiger partial charge in [-0.1, -0.05) is 31.2 Å². The maximum absolute atomic E-state index is 11.8. The van der Waals surface area contributed by atoms with Crippen LogP contribution in [0.2, 0.25) is 0 Å². The van der Waals surface area contributed by atoms with Crippen LogP contribution in [0.25, 0.3) is 11.1 Å². The summed E-state index contributed by atoms with van der Waals surface area (Å²) in [4.78, 5) is 17.6. The van der Waals surface area contributed by atoms with E-state index in [9.17, 15) is 4.79 Å². The van der Waals surface area contributed by atoms with E-state index >= 15 is 0 Å². The van der Waals surface area contributed by atoms with Crippen molar-refractivity contribution in [2.45, 2.75) is 26.3 Å². The zero-order chi connectivity index (χ0) is 14.4. The first kappa shape index (κ1) is 14.3. The fourth-order valence-corrected chi connectivity index (χ4v) is 2.11. The minimum absolute atomic E-state index is 0.200. The normalized spacial score (nSPS) is 10.3. The van der Waals surface area contributed by atoms with E-state index in [1.165, 1.54) is 5.56 Å². The van der Waals surface area contributed by atoms with Gasteiger partial charge in [0, 0.05) is 32.4 Å². The van der Waals surface area contributed by atoms with E-state index < -0.39 is 0 Å². The van der Waals surface area contributed by atoms with Gasteiger partial charge in [0.2, 0.25) is 5.91 Å². The largest absolute Gasteiger partial charge is 0.341 e. The number of hydrogen-bond donors (Lipinski definition) is 0. The summed E-state index contributed by atoms with van der Waals surface area (Å²) in [7, 11) is 1.86. The highest BCUT2D eigenvalue weighted by Crippen LogP contribution is 2.19. The Morgan fingerprint density at radius 2 is 1.65 bits per heavy atom. The first-order chi connectivity index (χ1) is 9.70. The monoisotopic (exact) mass is 268 g/mol. The molecule has 0 fully saturated rings. The second-order valence-corrected chi connectivity index (χ2v) is 4.93. The van der Waals surface area contributed by atoms with E-state index in [0.717, 1.165) is 17.5 Å². The van der Waals surface area contributed by atoms with E-state index in [1.54, 1.807) is 17.3 Å². The number of carbonyl (C=O) groups excluding carboxylic acids is 1. The molecule has 2 rings (SSSR count). The summed E-state index contributed by atoms with van der Waals surface area (Å²) in [6.45, 7) is 2.69. The molecule has 1 heterocycles. The molecule has 0 radical (unpaired) electrons. The number of rotatable bonds is 5. The van der Waals surface area contributed by atoms with Gasteiger partial charge in [0.05, 0.1) is 0 Å². The van der Waals surface area contributed by atoms with E-state index in [4.69, 9.17) is 0 Å². The minimum Gasteiger partial charge on any atom is -0.341 e. The molecular weight excluding hydrogens is 248 g/mol. The molecule has 3 heteroatoms. The van der Waals surface area contributed by atoms with Crippen molar-refractivity contribution in [3.63, 3.8) is 0 Å². The number of carbonyl (C=O) groups is 1. The maximum Gasteiger partial charge on any atom is 0.222 e. The third-order valence-corrected chi connectivity index (χ3v) is 3.28. The highest BCUT2D eigenvalue weighted by atomic mass is 16.2. The van der Waals surface area contributed by atoms with Crippen molar-refractivity contribution in [1.82, 2.24) is 9.88 Å². The Labute approximate surface area is 120 Å². The van der Waals surface area contributed by atoms with Gasteiger partial charge in [-0.2, -0.15) is 0 Å². The third kappa shape index (κ3) is 3.67. The van der Waals surface area contributed by atoms with Crippen LogP contribution < -0.4 is 0 Å². The van der Waals surface area contributed by atoms with Crippen molar-refractivity contribution in [1.29, 1.82) is 0 Å². The molecule has 104 valence electrons. The SMILES string of the molecule is CCCC(=O)N(C)Cc1ccc(-c2ccncc2)cc1. The van der Waals surface area contributed by atoms with E-state index in [1.807, 2.05) is 26.1 Å². The Hall–Kier alpha value is -2.16. The van der Waals surface area contributed by atoms with Crippen molar-refractivity contribution in [2.24, 2.45) is 0 Å². The highest BCUT2D eigenvalue weighted by molar-refractivity contribution is 5.75. The number of amides is 1. The van der Waals surface area contributed by atoms with Crippen LogP contribution >= 0.6 is 0 Å². The lowest BCUT2D eigenvalue weighted by atomic mass is 10.1. The van der Waals surface area contributed by atoms with Gasteiger partial charge in [0.25, 0.3) is 0 Å². The zero-order valence-electron chi connectivity index (χ0n) is 12.0. The molecule has 1 aromatic carbocycles. The van der Waals surface area contributed by atoms with Crippen LogP contribution in [0, 0.1) is 0 Å². The highest BCUT2D eigenvalue weighted by Gasteiger charge is 2.07. The Morgan fingerprint density at radius 1 is 1.05 bits per heavy atom. The third-order valence-electron chi connectivity index (χ3n) is 3.28. The van der Waals surface area contributed by atoms with Gasteiger partial charge in [-0.05, 0) is 35.2 Å². The fourth-order valence-electron chi connectivity index (χ4n) is 2.11. The average molecular weight is 268 g/mol. The van der Waals surface area contributed by atoms with E-state index in [0.29, 0.717) is 13.0 Å². The summed E-state index contributed by atoms with van der Waals surface area (Å²) >= 11 is 0. The Morgan fingerprint density at radius 3 is 2.25 bits per heavy atom. The molecule has 2 aromatic rings. The average Bonchev–Trinajstić information content (AvgIpc) is 2.49. The zero-order valence-corrected chi connectivity index (χ0v) is 12.0. The predicted molar refractivity (Wildman–Crippen MR) is 81.1 cm³/mol. The van der Waals surface area contributed by atoms with Gasteiger partial charge < -0.3 is 4.90 Å². The van der Waals surface area contributed by atoms with Crippen molar-refractivity contribution in [3.05, 3.63) is 54.4 Å². The van der Waals surface area contributed by atoms with Crippen molar-refractivity contribution < 1.29 is 4.79 Å². The lowest BCUT2D eigenvalue weighted by Crippen LogP contribution is -2.25. The van der Waals surface area contributed by atoms with Crippen LogP contribution in [0.1, 0.15) is 25.3 Å². The number of pyridine rings is 1. The maximum atomic E-state index is 11.8. The van der Waals surface area contributed by atoms with Crippen LogP contribution in [0.15, 0.2) is 48.8 Å². The van der Waals surface area contributed by atoms with E-state index in [2.05, 4.69) is 29.2 Å². The molecule has 1 amide bonds. The summed E-state index contributed by atoms with van der Waals surface area (Å²) in [5, 5.41) is 0. The van der Waals surface area contributed by atoms with Gasteiger partial charge in [-0.15, -0.1) is 0 Å². The summed E-state index contributed by atoms with van der Waals surface area (Å²) < 4.78 is 0. The first-order valence-electron chi connectivity index (χ1n) is 6.94. The van der Waals surface area contributed by atoms with Crippen LogP contribution in [0.4, 0.5) is 0 Å². The summed E-state index contributed by atoms with van der Waals surface area (Å²) in [6, 6.07) is 12.3. The Bertz CT molecular complexity index is 549. The molecule has 0 bridgehead atoms. The molecule has 0 aliphatic heterocycles. The molecule has 3 nitrogen and oxygen atoms in total. The molecule has 0 aliphatic rings. The van der Waals surface area contributed by atoms with Crippen LogP contribution in [0.5, 0.6) is 0 Å². The first-order valence-corrected chi connectivity index (χ1v) is 6.94. The van der Waals surface area contributed by atoms with Crippen molar-refractivity contribution >= 4 is 5.91 Å². The molecule has 0 aliphatic carbocycles. The van der Waals surface area contributed by atoms with Crippen molar-refractivity contribution in [3.8, 4) is 11.1 Å². The minimum atomic E-state index is 0.200. The summed E-state index contributed by atoms with van der Waals surface area (Å²) in [5.41, 5.74) is 3.47. The molecular formula is C17H20N2O. The van der Waals surface area contributed by atoms with Gasteiger partial charge in [0.15, 0.2) is 0 Å². The second-order valence-electron chi connectivity index (χ2n) is 4.93.